The maximum Gasteiger partial charge on any atom is 0.161 e. The minimum absolute atomic E-state index is 0.229. The lowest BCUT2D eigenvalue weighted by Crippen LogP contribution is -2.42. The van der Waals surface area contributed by atoms with Crippen LogP contribution in [-0.4, -0.2) is 79.6 Å². The van der Waals surface area contributed by atoms with E-state index in [0.717, 1.165) is 50.7 Å². The van der Waals surface area contributed by atoms with Crippen molar-refractivity contribution in [2.75, 3.05) is 53.6 Å². The lowest BCUT2D eigenvalue weighted by Gasteiger charge is -2.28. The average molecular weight is 402 g/mol. The van der Waals surface area contributed by atoms with Gasteiger partial charge in [0.2, 0.25) is 0 Å². The fourth-order valence-corrected chi connectivity index (χ4v) is 3.39. The molecule has 0 radical (unpaired) electrons. The van der Waals surface area contributed by atoms with Crippen LogP contribution in [0.1, 0.15) is 11.3 Å². The van der Waals surface area contributed by atoms with Crippen molar-refractivity contribution in [3.05, 3.63) is 53.9 Å². The molecule has 0 bridgehead atoms. The molecule has 1 saturated heterocycles. The van der Waals surface area contributed by atoms with Crippen molar-refractivity contribution < 1.29 is 19.3 Å². The topological polar surface area (TPSA) is 67.3 Å². The molecule has 0 unspecified atom stereocenters. The summed E-state index contributed by atoms with van der Waals surface area (Å²) in [6, 6.07) is 11.9. The Hall–Kier alpha value is -2.19. The highest BCUT2D eigenvalue weighted by atomic mass is 16.5. The standard InChI is InChI=1S/C22H31N3O4/c1-24(15-19-5-3-4-8-23-19)14-18-6-7-21(22(13-18)27-2)29-17-20(26)16-25-9-11-28-12-10-25/h3-8,13,20,26H,9-12,14-17H2,1-2H3/t20-/m1/s1. The normalized spacial score (nSPS) is 16.0. The molecule has 2 heterocycles. The Morgan fingerprint density at radius 3 is 2.72 bits per heavy atom. The van der Waals surface area contributed by atoms with Crippen molar-refractivity contribution in [1.29, 1.82) is 0 Å². The van der Waals surface area contributed by atoms with Crippen molar-refractivity contribution >= 4 is 0 Å². The molecule has 0 saturated carbocycles. The number of benzene rings is 1. The number of β-amino-alcohol motifs (C(OH)–C–C–N with tert-alkyl or cyclic N) is 1. The number of hydrogen-bond acceptors (Lipinski definition) is 7. The molecule has 1 aliphatic rings. The van der Waals surface area contributed by atoms with Crippen molar-refractivity contribution in [2.24, 2.45) is 0 Å². The van der Waals surface area contributed by atoms with Crippen LogP contribution in [0.15, 0.2) is 42.6 Å². The second-order valence-corrected chi connectivity index (χ2v) is 7.36. The molecule has 7 heteroatoms. The Bertz CT molecular complexity index is 738. The number of aliphatic hydroxyl groups excluding tert-OH is 1. The van der Waals surface area contributed by atoms with E-state index in [1.807, 2.05) is 42.6 Å². The smallest absolute Gasteiger partial charge is 0.161 e. The van der Waals surface area contributed by atoms with E-state index in [-0.39, 0.29) is 6.61 Å². The second-order valence-electron chi connectivity index (χ2n) is 7.36. The third-order valence-corrected chi connectivity index (χ3v) is 4.84. The molecule has 2 aromatic rings. The predicted molar refractivity (Wildman–Crippen MR) is 111 cm³/mol. The van der Waals surface area contributed by atoms with Gasteiger partial charge in [-0.15, -0.1) is 0 Å². The molecule has 1 aliphatic heterocycles. The fraction of sp³-hybridized carbons (Fsp3) is 0.500. The number of nitrogens with zero attached hydrogens (tertiary/aromatic N) is 3. The van der Waals surface area contributed by atoms with Crippen molar-refractivity contribution in [3.8, 4) is 11.5 Å². The Kier molecular flexibility index (Phi) is 8.25. The fourth-order valence-electron chi connectivity index (χ4n) is 3.39. The highest BCUT2D eigenvalue weighted by molar-refractivity contribution is 5.43. The van der Waals surface area contributed by atoms with Crippen LogP contribution in [0.5, 0.6) is 11.5 Å². The summed E-state index contributed by atoms with van der Waals surface area (Å²) in [5.41, 5.74) is 2.16. The summed E-state index contributed by atoms with van der Waals surface area (Å²) in [6.07, 6.45) is 1.26. The summed E-state index contributed by atoms with van der Waals surface area (Å²) in [4.78, 5) is 8.76. The molecule has 1 aromatic carbocycles. The molecule has 0 amide bonds. The Morgan fingerprint density at radius 2 is 2.00 bits per heavy atom. The lowest BCUT2D eigenvalue weighted by molar-refractivity contribution is 0.00445. The third-order valence-electron chi connectivity index (χ3n) is 4.84. The molecular weight excluding hydrogens is 370 g/mol. The maximum absolute atomic E-state index is 10.3. The predicted octanol–water partition coefficient (Wildman–Crippen LogP) is 1.79. The number of aliphatic hydroxyl groups is 1. The van der Waals surface area contributed by atoms with E-state index in [2.05, 4.69) is 21.8 Å². The first kappa shape index (κ1) is 21.5. The quantitative estimate of drug-likeness (QED) is 0.651. The van der Waals surface area contributed by atoms with Gasteiger partial charge in [-0.1, -0.05) is 12.1 Å². The summed E-state index contributed by atoms with van der Waals surface area (Å²) in [5.74, 6) is 1.32. The van der Waals surface area contributed by atoms with Crippen molar-refractivity contribution in [1.82, 2.24) is 14.8 Å². The molecule has 1 N–H and O–H groups in total. The van der Waals surface area contributed by atoms with E-state index in [1.165, 1.54) is 0 Å². The first-order valence-corrected chi connectivity index (χ1v) is 10.0. The van der Waals surface area contributed by atoms with E-state index in [0.29, 0.717) is 18.0 Å². The van der Waals surface area contributed by atoms with Gasteiger partial charge < -0.3 is 19.3 Å². The number of ether oxygens (including phenoxy) is 3. The minimum Gasteiger partial charge on any atom is -0.493 e. The van der Waals surface area contributed by atoms with Gasteiger partial charge in [-0.3, -0.25) is 14.8 Å². The van der Waals surface area contributed by atoms with E-state index in [9.17, 15) is 5.11 Å². The first-order valence-electron chi connectivity index (χ1n) is 10.0. The summed E-state index contributed by atoms with van der Waals surface area (Å²) < 4.78 is 16.7. The molecule has 0 spiro atoms. The molecule has 1 aromatic heterocycles. The number of pyridine rings is 1. The van der Waals surface area contributed by atoms with Gasteiger partial charge in [0.05, 0.1) is 26.0 Å². The molecule has 1 atom stereocenters. The van der Waals surface area contributed by atoms with Crippen LogP contribution in [0.2, 0.25) is 0 Å². The van der Waals surface area contributed by atoms with Crippen LogP contribution in [0.25, 0.3) is 0 Å². The molecule has 3 rings (SSSR count). The number of rotatable bonds is 10. The minimum atomic E-state index is -0.554. The van der Waals surface area contributed by atoms with Crippen LogP contribution < -0.4 is 9.47 Å². The SMILES string of the molecule is COc1cc(CN(C)Cc2ccccn2)ccc1OC[C@H](O)CN1CCOCC1. The summed E-state index contributed by atoms with van der Waals surface area (Å²) >= 11 is 0. The third kappa shape index (κ3) is 6.97. The van der Waals surface area contributed by atoms with Gasteiger partial charge in [-0.25, -0.2) is 0 Å². The summed E-state index contributed by atoms with van der Waals surface area (Å²) in [5, 5.41) is 10.3. The van der Waals surface area contributed by atoms with Gasteiger partial charge in [-0.05, 0) is 36.9 Å². The molecule has 7 nitrogen and oxygen atoms in total. The summed E-state index contributed by atoms with van der Waals surface area (Å²) in [7, 11) is 3.70. The monoisotopic (exact) mass is 401 g/mol. The Labute approximate surface area is 172 Å². The molecule has 0 aliphatic carbocycles. The highest BCUT2D eigenvalue weighted by Crippen LogP contribution is 2.28. The zero-order valence-corrected chi connectivity index (χ0v) is 17.3. The van der Waals surface area contributed by atoms with Gasteiger partial charge in [0.1, 0.15) is 12.7 Å². The number of hydrogen-bond donors (Lipinski definition) is 1. The number of aromatic nitrogens is 1. The van der Waals surface area contributed by atoms with Gasteiger partial charge in [0.25, 0.3) is 0 Å². The van der Waals surface area contributed by atoms with Gasteiger partial charge in [0.15, 0.2) is 11.5 Å². The number of morpholine rings is 1. The Morgan fingerprint density at radius 1 is 1.17 bits per heavy atom. The molecular formula is C22H31N3O4. The highest BCUT2D eigenvalue weighted by Gasteiger charge is 2.16. The second kappa shape index (κ2) is 11.1. The largest absolute Gasteiger partial charge is 0.493 e. The number of methoxy groups -OCH3 is 1. The Balaban J connectivity index is 1.51. The zero-order chi connectivity index (χ0) is 20.5. The van der Waals surface area contributed by atoms with Crippen LogP contribution in [0.3, 0.4) is 0 Å². The van der Waals surface area contributed by atoms with Crippen LogP contribution in [-0.2, 0) is 17.8 Å². The van der Waals surface area contributed by atoms with Crippen molar-refractivity contribution in [2.45, 2.75) is 19.2 Å². The van der Waals surface area contributed by atoms with Gasteiger partial charge in [0, 0.05) is 38.9 Å². The summed E-state index contributed by atoms with van der Waals surface area (Å²) in [6.45, 7) is 5.49. The van der Waals surface area contributed by atoms with E-state index in [1.54, 1.807) is 7.11 Å². The van der Waals surface area contributed by atoms with Crippen LogP contribution in [0, 0.1) is 0 Å². The first-order chi connectivity index (χ1) is 14.1. The van der Waals surface area contributed by atoms with Crippen molar-refractivity contribution in [3.63, 3.8) is 0 Å². The van der Waals surface area contributed by atoms with Crippen LogP contribution >= 0.6 is 0 Å². The average Bonchev–Trinajstić information content (AvgIpc) is 2.74. The zero-order valence-electron chi connectivity index (χ0n) is 17.3. The molecule has 29 heavy (non-hydrogen) atoms. The van der Waals surface area contributed by atoms with E-state index < -0.39 is 6.10 Å². The van der Waals surface area contributed by atoms with Gasteiger partial charge in [-0.2, -0.15) is 0 Å². The molecule has 1 fully saturated rings. The van der Waals surface area contributed by atoms with E-state index in [4.69, 9.17) is 14.2 Å². The van der Waals surface area contributed by atoms with Gasteiger partial charge >= 0.3 is 0 Å². The molecule has 158 valence electrons. The van der Waals surface area contributed by atoms with E-state index >= 15 is 0 Å². The lowest BCUT2D eigenvalue weighted by atomic mass is 10.2. The maximum atomic E-state index is 10.3. The van der Waals surface area contributed by atoms with Crippen LogP contribution in [0.4, 0.5) is 0 Å².